The summed E-state index contributed by atoms with van der Waals surface area (Å²) in [7, 11) is 0. The maximum absolute atomic E-state index is 12.9. The Kier molecular flexibility index (Phi) is 3.17. The number of aryl methyl sites for hydroxylation is 1. The molecule has 1 unspecified atom stereocenters. The van der Waals surface area contributed by atoms with Crippen LogP contribution in [-0.2, 0) is 17.8 Å². The van der Waals surface area contributed by atoms with E-state index >= 15 is 0 Å². The molecular formula is C16H17FN4O. The quantitative estimate of drug-likeness (QED) is 0.940. The van der Waals surface area contributed by atoms with Crippen molar-refractivity contribution < 1.29 is 9.18 Å². The van der Waals surface area contributed by atoms with Crippen LogP contribution in [0.3, 0.4) is 0 Å². The molecule has 0 radical (unpaired) electrons. The normalized spacial score (nSPS) is 20.0. The Morgan fingerprint density at radius 3 is 2.73 bits per heavy atom. The van der Waals surface area contributed by atoms with Gasteiger partial charge in [-0.3, -0.25) is 4.79 Å². The predicted octanol–water partition coefficient (Wildman–Crippen LogP) is 2.10. The van der Waals surface area contributed by atoms with Crippen LogP contribution in [0, 0.1) is 5.82 Å². The van der Waals surface area contributed by atoms with Gasteiger partial charge >= 0.3 is 0 Å². The first-order valence-corrected chi connectivity index (χ1v) is 7.68. The summed E-state index contributed by atoms with van der Waals surface area (Å²) < 4.78 is 14.9. The largest absolute Gasteiger partial charge is 0.350 e. The SMILES string of the molecule is O=C(NCc1ccc(F)cc1)C1CCc2nnc(C3CC3)n21. The van der Waals surface area contributed by atoms with E-state index < -0.39 is 0 Å². The molecule has 0 saturated heterocycles. The molecule has 0 spiro atoms. The van der Waals surface area contributed by atoms with Gasteiger partial charge in [0.1, 0.15) is 23.5 Å². The van der Waals surface area contributed by atoms with Crippen LogP contribution in [-0.4, -0.2) is 20.7 Å². The van der Waals surface area contributed by atoms with Gasteiger partial charge in [-0.1, -0.05) is 12.1 Å². The lowest BCUT2D eigenvalue weighted by Gasteiger charge is -2.15. The summed E-state index contributed by atoms with van der Waals surface area (Å²) >= 11 is 0. The Morgan fingerprint density at radius 2 is 2.00 bits per heavy atom. The number of benzene rings is 1. The second kappa shape index (κ2) is 5.19. The number of fused-ring (bicyclic) bond motifs is 1. The van der Waals surface area contributed by atoms with Crippen LogP contribution in [0.2, 0.25) is 0 Å². The number of rotatable bonds is 4. The predicted molar refractivity (Wildman–Crippen MR) is 77.6 cm³/mol. The summed E-state index contributed by atoms with van der Waals surface area (Å²) in [6.07, 6.45) is 3.86. The Hall–Kier alpha value is -2.24. The lowest BCUT2D eigenvalue weighted by atomic mass is 10.1. The number of amides is 1. The molecule has 1 aromatic carbocycles. The molecule has 5 nitrogen and oxygen atoms in total. The number of carbonyl (C=O) groups is 1. The molecule has 6 heteroatoms. The molecule has 2 aromatic rings. The molecule has 2 aliphatic rings. The van der Waals surface area contributed by atoms with Crippen molar-refractivity contribution in [3.05, 3.63) is 47.3 Å². The second-order valence-corrected chi connectivity index (χ2v) is 6.02. The molecule has 1 aromatic heterocycles. The van der Waals surface area contributed by atoms with Crippen molar-refractivity contribution in [3.63, 3.8) is 0 Å². The van der Waals surface area contributed by atoms with Gasteiger partial charge in [-0.2, -0.15) is 0 Å². The first-order valence-electron chi connectivity index (χ1n) is 7.68. The summed E-state index contributed by atoms with van der Waals surface area (Å²) in [6, 6.07) is 5.97. The highest BCUT2D eigenvalue weighted by Crippen LogP contribution is 2.42. The van der Waals surface area contributed by atoms with E-state index in [2.05, 4.69) is 15.5 Å². The van der Waals surface area contributed by atoms with Crippen molar-refractivity contribution in [2.75, 3.05) is 0 Å². The van der Waals surface area contributed by atoms with Crippen LogP contribution in [0.15, 0.2) is 24.3 Å². The summed E-state index contributed by atoms with van der Waals surface area (Å²) in [5.41, 5.74) is 0.888. The van der Waals surface area contributed by atoms with Gasteiger partial charge in [-0.15, -0.1) is 10.2 Å². The highest BCUT2D eigenvalue weighted by Gasteiger charge is 2.37. The number of carbonyl (C=O) groups excluding carboxylic acids is 1. The van der Waals surface area contributed by atoms with Crippen LogP contribution < -0.4 is 5.32 Å². The van der Waals surface area contributed by atoms with Crippen molar-refractivity contribution in [1.82, 2.24) is 20.1 Å². The van der Waals surface area contributed by atoms with Crippen LogP contribution in [0.5, 0.6) is 0 Å². The maximum atomic E-state index is 12.9. The fourth-order valence-electron chi connectivity index (χ4n) is 3.02. The van der Waals surface area contributed by atoms with Crippen molar-refractivity contribution in [1.29, 1.82) is 0 Å². The van der Waals surface area contributed by atoms with Gasteiger partial charge in [0.05, 0.1) is 0 Å². The van der Waals surface area contributed by atoms with E-state index in [1.54, 1.807) is 12.1 Å². The lowest BCUT2D eigenvalue weighted by Crippen LogP contribution is -2.31. The van der Waals surface area contributed by atoms with E-state index in [1.165, 1.54) is 12.1 Å². The summed E-state index contributed by atoms with van der Waals surface area (Å²) in [4.78, 5) is 12.5. The molecule has 1 aliphatic carbocycles. The molecule has 1 N–H and O–H groups in total. The number of aromatic nitrogens is 3. The minimum absolute atomic E-state index is 0.00947. The third kappa shape index (κ3) is 2.38. The van der Waals surface area contributed by atoms with Crippen molar-refractivity contribution >= 4 is 5.91 Å². The molecule has 114 valence electrons. The molecule has 0 bridgehead atoms. The molecule has 1 amide bonds. The fraction of sp³-hybridized carbons (Fsp3) is 0.438. The Bertz CT molecular complexity index is 705. The summed E-state index contributed by atoms with van der Waals surface area (Å²) in [6.45, 7) is 0.409. The Labute approximate surface area is 127 Å². The molecule has 1 saturated carbocycles. The van der Waals surface area contributed by atoms with E-state index in [0.717, 1.165) is 42.9 Å². The van der Waals surface area contributed by atoms with E-state index in [-0.39, 0.29) is 17.8 Å². The smallest absolute Gasteiger partial charge is 0.243 e. The zero-order valence-electron chi connectivity index (χ0n) is 12.1. The fourth-order valence-corrected chi connectivity index (χ4v) is 3.02. The summed E-state index contributed by atoms with van der Waals surface area (Å²) in [5.74, 6) is 2.09. The van der Waals surface area contributed by atoms with E-state index in [0.29, 0.717) is 12.5 Å². The van der Waals surface area contributed by atoms with Gasteiger partial charge in [-0.05, 0) is 37.0 Å². The lowest BCUT2D eigenvalue weighted by molar-refractivity contribution is -0.124. The highest BCUT2D eigenvalue weighted by atomic mass is 19.1. The van der Waals surface area contributed by atoms with Gasteiger partial charge in [-0.25, -0.2) is 4.39 Å². The minimum atomic E-state index is -0.269. The van der Waals surface area contributed by atoms with Gasteiger partial charge in [0.15, 0.2) is 0 Å². The summed E-state index contributed by atoms with van der Waals surface area (Å²) in [5, 5.41) is 11.4. The molecule has 2 heterocycles. The molecule has 1 fully saturated rings. The van der Waals surface area contributed by atoms with E-state index in [9.17, 15) is 9.18 Å². The third-order valence-electron chi connectivity index (χ3n) is 4.37. The minimum Gasteiger partial charge on any atom is -0.350 e. The highest BCUT2D eigenvalue weighted by molar-refractivity contribution is 5.80. The van der Waals surface area contributed by atoms with Gasteiger partial charge in [0.25, 0.3) is 0 Å². The molecular weight excluding hydrogens is 283 g/mol. The monoisotopic (exact) mass is 300 g/mol. The molecule has 1 atom stereocenters. The first kappa shape index (κ1) is 13.4. The topological polar surface area (TPSA) is 59.8 Å². The van der Waals surface area contributed by atoms with Crippen LogP contribution in [0.25, 0.3) is 0 Å². The van der Waals surface area contributed by atoms with Crippen LogP contribution in [0.1, 0.15) is 48.4 Å². The number of nitrogens with zero attached hydrogens (tertiary/aromatic N) is 3. The maximum Gasteiger partial charge on any atom is 0.243 e. The van der Waals surface area contributed by atoms with Gasteiger partial charge in [0, 0.05) is 18.9 Å². The van der Waals surface area contributed by atoms with Gasteiger partial charge < -0.3 is 9.88 Å². The first-order chi connectivity index (χ1) is 10.7. The van der Waals surface area contributed by atoms with Crippen LogP contribution >= 0.6 is 0 Å². The van der Waals surface area contributed by atoms with Crippen molar-refractivity contribution in [3.8, 4) is 0 Å². The molecule has 1 aliphatic heterocycles. The van der Waals surface area contributed by atoms with E-state index in [1.807, 2.05) is 4.57 Å². The zero-order chi connectivity index (χ0) is 15.1. The molecule has 4 rings (SSSR count). The van der Waals surface area contributed by atoms with E-state index in [4.69, 9.17) is 0 Å². The Morgan fingerprint density at radius 1 is 1.23 bits per heavy atom. The number of halogens is 1. The number of hydrogen-bond donors (Lipinski definition) is 1. The Balaban J connectivity index is 1.46. The van der Waals surface area contributed by atoms with Crippen LogP contribution in [0.4, 0.5) is 4.39 Å². The number of hydrogen-bond acceptors (Lipinski definition) is 3. The average Bonchev–Trinajstić information content (AvgIpc) is 3.14. The standard InChI is InChI=1S/C16H17FN4O/c17-12-5-1-10(2-6-12)9-18-16(22)13-7-8-14-19-20-15(21(13)14)11-3-4-11/h1-2,5-6,11,13H,3-4,7-9H2,(H,18,22). The van der Waals surface area contributed by atoms with Gasteiger partial charge in [0.2, 0.25) is 5.91 Å². The average molecular weight is 300 g/mol. The van der Waals surface area contributed by atoms with Crippen molar-refractivity contribution in [2.24, 2.45) is 0 Å². The molecule has 22 heavy (non-hydrogen) atoms. The number of nitrogens with one attached hydrogen (secondary N) is 1. The van der Waals surface area contributed by atoms with Crippen molar-refractivity contribution in [2.45, 2.75) is 44.2 Å². The zero-order valence-corrected chi connectivity index (χ0v) is 12.1. The third-order valence-corrected chi connectivity index (χ3v) is 4.37. The second-order valence-electron chi connectivity index (χ2n) is 6.02.